The molecule has 0 bridgehead atoms. The number of carbonyl (C=O) groups excluding carboxylic acids is 8. The summed E-state index contributed by atoms with van der Waals surface area (Å²) in [6.07, 6.45) is -5.86. The fraction of sp³-hybridized carbons (Fsp3) is 0.600. The van der Waals surface area contributed by atoms with Crippen molar-refractivity contribution in [2.45, 2.75) is 127 Å². The van der Waals surface area contributed by atoms with Gasteiger partial charge >= 0.3 is 48.2 Å². The topological polar surface area (TPSA) is 491 Å². The minimum absolute atomic E-state index is 0.145. The highest BCUT2D eigenvalue weighted by Gasteiger charge is 2.80. The summed E-state index contributed by atoms with van der Waals surface area (Å²) < 4.78 is 158. The lowest BCUT2D eigenvalue weighted by Gasteiger charge is -2.49. The average molecular weight is 1730 g/mol. The van der Waals surface area contributed by atoms with Crippen LogP contribution in [0.3, 0.4) is 0 Å². The molecule has 16 amide bonds. The highest BCUT2D eigenvalue weighted by atomic mass is 32.2. The van der Waals surface area contributed by atoms with Crippen LogP contribution in [0.2, 0.25) is 0 Å². The Kier molecular flexibility index (Phi) is 19.8. The lowest BCUT2D eigenvalue weighted by Crippen LogP contribution is -2.69. The molecule has 48 heteroatoms. The molecule has 44 nitrogen and oxygen atoms in total. The Labute approximate surface area is 678 Å². The van der Waals surface area contributed by atoms with Crippen molar-refractivity contribution in [1.82, 2.24) is 99.7 Å². The predicted molar refractivity (Wildman–Crippen MR) is 411 cm³/mol. The van der Waals surface area contributed by atoms with Crippen molar-refractivity contribution in [2.24, 2.45) is 0 Å². The van der Waals surface area contributed by atoms with Gasteiger partial charge in [-0.15, -0.1) is 0 Å². The van der Waals surface area contributed by atoms with Crippen molar-refractivity contribution in [2.75, 3.05) is 142 Å². The monoisotopic (exact) mass is 1720 g/mol. The number of urea groups is 8. The smallest absolute Gasteiger partial charge is 0.326 e. The molecule has 0 atom stereocenters. The van der Waals surface area contributed by atoms with Gasteiger partial charge in [0.05, 0.1) is 75.6 Å². The summed E-state index contributed by atoms with van der Waals surface area (Å²) in [6, 6.07) is 7.49. The first-order chi connectivity index (χ1) is 55.9. The second-order valence-corrected chi connectivity index (χ2v) is 38.3. The average Bonchev–Trinajstić information content (AvgIpc) is 1.44. The van der Waals surface area contributed by atoms with Crippen LogP contribution in [-0.2, 0) is 66.7 Å². The minimum atomic E-state index is -4.40. The van der Waals surface area contributed by atoms with E-state index in [1.54, 1.807) is 76.2 Å². The van der Waals surface area contributed by atoms with Crippen LogP contribution >= 0.6 is 0 Å². The van der Waals surface area contributed by atoms with Crippen LogP contribution in [0, 0.1) is 0 Å². The summed E-state index contributed by atoms with van der Waals surface area (Å²) in [5.41, 5.74) is -5.49. The van der Waals surface area contributed by atoms with E-state index in [0.29, 0.717) is 43.8 Å². The van der Waals surface area contributed by atoms with Crippen LogP contribution in [0.4, 0.5) is 38.4 Å². The number of ether oxygens (including phenoxy) is 4. The molecule has 0 unspecified atom stereocenters. The first-order valence-corrected chi connectivity index (χ1v) is 45.3. The summed E-state index contributed by atoms with van der Waals surface area (Å²) in [6.45, 7) is 10.1. The molecule has 15 aliphatic heterocycles. The van der Waals surface area contributed by atoms with Gasteiger partial charge in [0, 0.05) is 74.6 Å². The lowest BCUT2D eigenvalue weighted by atomic mass is 9.90. The summed E-state index contributed by atoms with van der Waals surface area (Å²) in [5, 5.41) is 14.9. The molecule has 640 valence electrons. The van der Waals surface area contributed by atoms with Crippen LogP contribution < -0.4 is 40.2 Å². The lowest BCUT2D eigenvalue weighted by molar-refractivity contribution is -0.0887. The molecule has 118 heavy (non-hydrogen) atoms. The van der Waals surface area contributed by atoms with Gasteiger partial charge in [0.1, 0.15) is 63.0 Å². The molecule has 0 aliphatic carbocycles. The van der Waals surface area contributed by atoms with Gasteiger partial charge in [-0.3, -0.25) is 96.6 Å². The fourth-order valence-corrected chi connectivity index (χ4v) is 21.7. The normalized spacial score (nSPS) is 27.9. The zero-order chi connectivity index (χ0) is 83.6. The fourth-order valence-electron chi connectivity index (χ4n) is 19.8. The van der Waals surface area contributed by atoms with Crippen LogP contribution in [0.5, 0.6) is 23.0 Å². The molecule has 4 aromatic carbocycles. The van der Waals surface area contributed by atoms with Gasteiger partial charge in [0.2, 0.25) is 0 Å². The summed E-state index contributed by atoms with van der Waals surface area (Å²) in [4.78, 5) is 149. The van der Waals surface area contributed by atoms with E-state index in [9.17, 15) is 51.9 Å². The van der Waals surface area contributed by atoms with Gasteiger partial charge in [-0.2, -0.15) is 33.7 Å². The standard InChI is InChI=1S/C62H72N16O24S4.2C4H10N2/c1-59-61(3)75-31-67-49-47-63(51(67)79)29-65-48-50-69(53(65)81)33-77-57(85)73-27-39-43(101-19-7-23-105(93,94)95)15-11-36-12-16-44(102-20-8-24-106(96,97)98)40(46(36)39)28-74-58(86)78(62(77,4)60(73,74)2)34-70(50)54(82)66(48)30-64(47)52(80)68(49)32-76(61)56(84)72(59)26-38-42(100-18-6-22-104(90,91)92)14-10-35-9-13-41(99-17-5-21-103(87,88)89)37(45(35)38)25-71(59)55(75)83;2*1-2-6-4-3-5-1/h9-16,47-50H,5-8,17-34H2,1-4H3,(H,87,88,89)(H,90,91,92)(H,93,94,95)(H,96,97,98);2*5-6H,1-4H2. The van der Waals surface area contributed by atoms with Crippen molar-refractivity contribution >= 4 is 110 Å². The third kappa shape index (κ3) is 12.7. The second-order valence-electron chi connectivity index (χ2n) is 32.0. The number of benzene rings is 4. The number of hydrogen-bond acceptors (Lipinski definition) is 24. The van der Waals surface area contributed by atoms with E-state index in [1.165, 1.54) is 78.4 Å². The maximum atomic E-state index is 15.9. The van der Waals surface area contributed by atoms with E-state index in [-0.39, 0.29) is 101 Å². The first kappa shape index (κ1) is 80.6. The Morgan fingerprint density at radius 2 is 0.500 bits per heavy atom. The van der Waals surface area contributed by atoms with Crippen LogP contribution in [0.25, 0.3) is 21.5 Å². The van der Waals surface area contributed by atoms with E-state index in [4.69, 9.17) is 18.9 Å². The van der Waals surface area contributed by atoms with Crippen molar-refractivity contribution < 1.29 is 109 Å². The molecule has 19 rings (SSSR count). The summed E-state index contributed by atoms with van der Waals surface area (Å²) in [5.74, 6) is -1.80. The van der Waals surface area contributed by atoms with Crippen LogP contribution in [-0.4, -0.2) is 368 Å². The van der Waals surface area contributed by atoms with Crippen LogP contribution in [0.15, 0.2) is 48.5 Å². The Morgan fingerprint density at radius 1 is 0.305 bits per heavy atom. The maximum Gasteiger partial charge on any atom is 0.326 e. The maximum absolute atomic E-state index is 15.9. The summed E-state index contributed by atoms with van der Waals surface area (Å²) in [7, 11) is -17.6. The largest absolute Gasteiger partial charge is 0.493 e. The van der Waals surface area contributed by atoms with Crippen molar-refractivity contribution in [3.63, 3.8) is 0 Å². The SMILES string of the molecule is C1CNCCN1.C1CNCCN1.CC12N3Cc4c(OCCCS(=O)(=O)O)ccc5ccc(OCCCS(=O)(=O)O)c(c45)CN1C(=O)N1CN4C(=O)N5CN6C(=O)N7CN8C(=O)N9Cc%10c(OCCCS(=O)(=O)O)ccc%11ccc(OCCCS(=O)(=O)O)c(c%10%11)CN%10C(=O)N(CN%11C(=O)N(CN%12C(=O)N(CN(C3=O)C12C)C4C%125)C6C%117)C8(C)C%109C. The zero-order valence-electron chi connectivity index (χ0n) is 64.9. The molecule has 4 aromatic rings. The van der Waals surface area contributed by atoms with E-state index in [2.05, 4.69) is 21.3 Å². The van der Waals surface area contributed by atoms with E-state index in [1.807, 2.05) is 0 Å². The van der Waals surface area contributed by atoms with Crippen molar-refractivity contribution in [1.29, 1.82) is 0 Å². The highest BCUT2D eigenvalue weighted by molar-refractivity contribution is 7.86. The van der Waals surface area contributed by atoms with Gasteiger partial charge in [-0.1, -0.05) is 24.3 Å². The Hall–Kier alpha value is -9.76. The molecular formula is C70H92N20O24S4. The predicted octanol–water partition coefficient (Wildman–Crippen LogP) is 0.561. The first-order valence-electron chi connectivity index (χ1n) is 38.9. The Bertz CT molecular complexity index is 4750. The van der Waals surface area contributed by atoms with Gasteiger partial charge in [0.15, 0.2) is 47.3 Å². The van der Waals surface area contributed by atoms with Gasteiger partial charge in [-0.05, 0) is 99.2 Å². The Balaban J connectivity index is 0.000000765. The molecule has 13 fully saturated rings. The molecule has 13 saturated heterocycles. The molecule has 15 aliphatic rings. The quantitative estimate of drug-likeness (QED) is 0.0443. The molecule has 8 N–H and O–H groups in total. The summed E-state index contributed by atoms with van der Waals surface area (Å²) >= 11 is 0. The third-order valence-electron chi connectivity index (χ3n) is 25.7. The minimum Gasteiger partial charge on any atom is -0.493 e. The van der Waals surface area contributed by atoms with Gasteiger partial charge < -0.3 is 40.2 Å². The number of hydrogen-bond donors (Lipinski definition) is 8. The second kappa shape index (κ2) is 29.0. The van der Waals surface area contributed by atoms with Crippen LogP contribution in [0.1, 0.15) is 75.6 Å². The molecule has 0 saturated carbocycles. The number of nitrogens with zero attached hydrogens (tertiary/aromatic N) is 16. The molecule has 0 spiro atoms. The third-order valence-corrected chi connectivity index (χ3v) is 28.9. The number of amides is 16. The number of rotatable bonds is 20. The van der Waals surface area contributed by atoms with E-state index < -0.39 is 199 Å². The van der Waals surface area contributed by atoms with Gasteiger partial charge in [0.25, 0.3) is 40.5 Å². The molecule has 15 heterocycles. The number of nitrogens with one attached hydrogen (secondary N) is 4. The zero-order valence-corrected chi connectivity index (χ0v) is 68.1. The van der Waals surface area contributed by atoms with Crippen molar-refractivity contribution in [3.8, 4) is 23.0 Å². The molecule has 0 aromatic heterocycles. The number of piperazine rings is 2. The molecular weight excluding hydrogens is 1630 g/mol. The van der Waals surface area contributed by atoms with E-state index >= 15 is 38.4 Å². The van der Waals surface area contributed by atoms with Crippen molar-refractivity contribution in [3.05, 3.63) is 70.8 Å². The van der Waals surface area contributed by atoms with E-state index in [0.717, 1.165) is 52.4 Å². The van der Waals surface area contributed by atoms with Gasteiger partial charge in [-0.25, -0.2) is 38.4 Å². The molecule has 0 radical (unpaired) electrons. The number of carbonyl (C=O) groups is 8. The Morgan fingerprint density at radius 3 is 0.695 bits per heavy atom. The highest BCUT2D eigenvalue weighted by Crippen LogP contribution is 2.60.